The van der Waals surface area contributed by atoms with Gasteiger partial charge in [-0.25, -0.2) is 0 Å². The molecular formula is C19H31IN4O. The van der Waals surface area contributed by atoms with E-state index in [1.807, 2.05) is 43.0 Å². The second kappa shape index (κ2) is 11.3. The number of benzene rings is 1. The maximum atomic E-state index is 12.3. The topological polar surface area (TPSA) is 56.7 Å². The Morgan fingerprint density at radius 2 is 1.76 bits per heavy atom. The summed E-state index contributed by atoms with van der Waals surface area (Å²) in [6.07, 6.45) is 5.05. The van der Waals surface area contributed by atoms with Crippen LogP contribution in [-0.4, -0.2) is 42.9 Å². The number of hydrogen-bond acceptors (Lipinski definition) is 2. The second-order valence-corrected chi connectivity index (χ2v) is 6.23. The van der Waals surface area contributed by atoms with Gasteiger partial charge in [0.15, 0.2) is 5.96 Å². The van der Waals surface area contributed by atoms with Gasteiger partial charge < -0.3 is 15.5 Å². The van der Waals surface area contributed by atoms with Crippen LogP contribution in [0.25, 0.3) is 0 Å². The summed E-state index contributed by atoms with van der Waals surface area (Å²) in [6.45, 7) is 6.18. The number of hydrogen-bond donors (Lipinski definition) is 2. The van der Waals surface area contributed by atoms with Crippen molar-refractivity contribution in [2.24, 2.45) is 4.99 Å². The zero-order valence-corrected chi connectivity index (χ0v) is 17.9. The first kappa shape index (κ1) is 21.7. The van der Waals surface area contributed by atoms with E-state index in [0.717, 1.165) is 30.2 Å². The molecule has 1 aliphatic carbocycles. The molecule has 0 unspecified atom stereocenters. The van der Waals surface area contributed by atoms with Gasteiger partial charge in [-0.05, 0) is 44.4 Å². The van der Waals surface area contributed by atoms with Crippen LogP contribution in [-0.2, 0) is 6.54 Å². The van der Waals surface area contributed by atoms with Crippen molar-refractivity contribution in [1.82, 2.24) is 15.5 Å². The van der Waals surface area contributed by atoms with Gasteiger partial charge in [-0.15, -0.1) is 24.0 Å². The first-order valence-electron chi connectivity index (χ1n) is 9.03. The Kier molecular flexibility index (Phi) is 9.85. The van der Waals surface area contributed by atoms with Crippen LogP contribution in [0.1, 0.15) is 55.5 Å². The molecule has 1 aromatic rings. The van der Waals surface area contributed by atoms with Gasteiger partial charge in [0.2, 0.25) is 0 Å². The Bertz CT molecular complexity index is 549. The van der Waals surface area contributed by atoms with E-state index in [-0.39, 0.29) is 29.9 Å². The van der Waals surface area contributed by atoms with Crippen molar-refractivity contribution in [1.29, 1.82) is 0 Å². The van der Waals surface area contributed by atoms with Crippen molar-refractivity contribution in [2.75, 3.05) is 20.1 Å². The Labute approximate surface area is 168 Å². The van der Waals surface area contributed by atoms with Crippen LogP contribution in [0.2, 0.25) is 0 Å². The van der Waals surface area contributed by atoms with E-state index < -0.39 is 0 Å². The van der Waals surface area contributed by atoms with Gasteiger partial charge in [0.1, 0.15) is 0 Å². The number of halogens is 1. The van der Waals surface area contributed by atoms with Crippen molar-refractivity contribution in [3.05, 3.63) is 35.4 Å². The second-order valence-electron chi connectivity index (χ2n) is 6.23. The predicted octanol–water partition coefficient (Wildman–Crippen LogP) is 3.39. The summed E-state index contributed by atoms with van der Waals surface area (Å²) in [7, 11) is 1.80. The van der Waals surface area contributed by atoms with Crippen molar-refractivity contribution in [3.8, 4) is 0 Å². The van der Waals surface area contributed by atoms with Crippen LogP contribution in [0, 0.1) is 0 Å². The zero-order valence-electron chi connectivity index (χ0n) is 15.5. The Morgan fingerprint density at radius 1 is 1.16 bits per heavy atom. The monoisotopic (exact) mass is 458 g/mol. The van der Waals surface area contributed by atoms with Crippen LogP contribution < -0.4 is 10.6 Å². The minimum absolute atomic E-state index is 0. The minimum atomic E-state index is 0. The molecule has 0 atom stereocenters. The average molecular weight is 458 g/mol. The fourth-order valence-corrected chi connectivity index (χ4v) is 3.10. The highest BCUT2D eigenvalue weighted by molar-refractivity contribution is 14.0. The SMILES string of the molecule is CCN(CC)C(=O)c1ccc(CNC(=NC)NC2CCCC2)cc1.I. The summed E-state index contributed by atoms with van der Waals surface area (Å²) in [6, 6.07) is 8.37. The average Bonchev–Trinajstić information content (AvgIpc) is 3.13. The lowest BCUT2D eigenvalue weighted by Gasteiger charge is -2.19. The molecule has 0 heterocycles. The standard InChI is InChI=1S/C19H30N4O.HI/c1-4-23(5-2)18(24)16-12-10-15(11-13-16)14-21-19(20-3)22-17-8-6-7-9-17;/h10-13,17H,4-9,14H2,1-3H3,(H2,20,21,22);1H. The highest BCUT2D eigenvalue weighted by atomic mass is 127. The van der Waals surface area contributed by atoms with Crippen molar-refractivity contribution >= 4 is 35.8 Å². The summed E-state index contributed by atoms with van der Waals surface area (Å²) in [5, 5.41) is 6.82. The van der Waals surface area contributed by atoms with Gasteiger partial charge in [-0.2, -0.15) is 0 Å². The first-order chi connectivity index (χ1) is 11.7. The molecule has 0 saturated heterocycles. The fraction of sp³-hybridized carbons (Fsp3) is 0.579. The lowest BCUT2D eigenvalue weighted by atomic mass is 10.1. The third kappa shape index (κ3) is 6.49. The van der Waals surface area contributed by atoms with Crippen LogP contribution in [0.15, 0.2) is 29.3 Å². The number of nitrogens with zero attached hydrogens (tertiary/aromatic N) is 2. The summed E-state index contributed by atoms with van der Waals surface area (Å²) in [5.41, 5.74) is 1.89. The molecule has 0 bridgehead atoms. The number of rotatable bonds is 6. The summed E-state index contributed by atoms with van der Waals surface area (Å²) in [4.78, 5) is 18.4. The van der Waals surface area contributed by atoms with Crippen LogP contribution >= 0.6 is 24.0 Å². The molecule has 0 spiro atoms. The molecule has 1 aromatic carbocycles. The van der Waals surface area contributed by atoms with Crippen LogP contribution in [0.3, 0.4) is 0 Å². The first-order valence-corrected chi connectivity index (χ1v) is 9.03. The van der Waals surface area contributed by atoms with Gasteiger partial charge in [0.25, 0.3) is 5.91 Å². The number of nitrogens with one attached hydrogen (secondary N) is 2. The smallest absolute Gasteiger partial charge is 0.253 e. The van der Waals surface area contributed by atoms with Gasteiger partial charge in [-0.1, -0.05) is 25.0 Å². The van der Waals surface area contributed by atoms with Crippen LogP contribution in [0.5, 0.6) is 0 Å². The fourth-order valence-electron chi connectivity index (χ4n) is 3.10. The molecule has 2 rings (SSSR count). The molecular weight excluding hydrogens is 427 g/mol. The van der Waals surface area contributed by atoms with E-state index in [2.05, 4.69) is 15.6 Å². The van der Waals surface area contributed by atoms with E-state index in [4.69, 9.17) is 0 Å². The number of carbonyl (C=O) groups is 1. The molecule has 1 amide bonds. The number of guanidine groups is 1. The molecule has 2 N–H and O–H groups in total. The number of carbonyl (C=O) groups excluding carboxylic acids is 1. The van der Waals surface area contributed by atoms with E-state index in [1.165, 1.54) is 25.7 Å². The minimum Gasteiger partial charge on any atom is -0.354 e. The molecule has 0 aromatic heterocycles. The number of aliphatic imine (C=N–C) groups is 1. The lowest BCUT2D eigenvalue weighted by Crippen LogP contribution is -2.41. The predicted molar refractivity (Wildman–Crippen MR) is 115 cm³/mol. The molecule has 5 nitrogen and oxygen atoms in total. The largest absolute Gasteiger partial charge is 0.354 e. The van der Waals surface area contributed by atoms with Crippen molar-refractivity contribution < 1.29 is 4.79 Å². The van der Waals surface area contributed by atoms with E-state index in [0.29, 0.717) is 12.6 Å². The third-order valence-electron chi connectivity index (χ3n) is 4.63. The molecule has 0 radical (unpaired) electrons. The zero-order chi connectivity index (χ0) is 17.4. The Balaban J connectivity index is 0.00000312. The maximum absolute atomic E-state index is 12.3. The van der Waals surface area contributed by atoms with E-state index in [1.54, 1.807) is 7.05 Å². The molecule has 140 valence electrons. The number of amides is 1. The Morgan fingerprint density at radius 3 is 2.28 bits per heavy atom. The lowest BCUT2D eigenvalue weighted by molar-refractivity contribution is 0.0773. The molecule has 25 heavy (non-hydrogen) atoms. The summed E-state index contributed by atoms with van der Waals surface area (Å²) < 4.78 is 0. The third-order valence-corrected chi connectivity index (χ3v) is 4.63. The molecule has 1 saturated carbocycles. The maximum Gasteiger partial charge on any atom is 0.253 e. The van der Waals surface area contributed by atoms with Gasteiger partial charge >= 0.3 is 0 Å². The quantitative estimate of drug-likeness (QED) is 0.391. The summed E-state index contributed by atoms with van der Waals surface area (Å²) >= 11 is 0. The molecule has 1 aliphatic rings. The van der Waals surface area contributed by atoms with Crippen LogP contribution in [0.4, 0.5) is 0 Å². The van der Waals surface area contributed by atoms with E-state index >= 15 is 0 Å². The summed E-state index contributed by atoms with van der Waals surface area (Å²) in [5.74, 6) is 0.948. The van der Waals surface area contributed by atoms with Crippen molar-refractivity contribution in [2.45, 2.75) is 52.1 Å². The van der Waals surface area contributed by atoms with Gasteiger partial charge in [-0.3, -0.25) is 9.79 Å². The molecule has 0 aliphatic heterocycles. The highest BCUT2D eigenvalue weighted by Crippen LogP contribution is 2.17. The highest BCUT2D eigenvalue weighted by Gasteiger charge is 2.16. The normalized spacial score (nSPS) is 14.8. The van der Waals surface area contributed by atoms with E-state index in [9.17, 15) is 4.79 Å². The Hall–Kier alpha value is -1.31. The van der Waals surface area contributed by atoms with Crippen molar-refractivity contribution in [3.63, 3.8) is 0 Å². The van der Waals surface area contributed by atoms with Gasteiger partial charge in [0, 0.05) is 38.3 Å². The molecule has 6 heteroatoms. The molecule has 1 fully saturated rings. The van der Waals surface area contributed by atoms with Gasteiger partial charge in [0.05, 0.1) is 0 Å².